The van der Waals surface area contributed by atoms with Gasteiger partial charge in [0.2, 0.25) is 5.91 Å². The van der Waals surface area contributed by atoms with Crippen molar-refractivity contribution in [3.8, 4) is 0 Å². The number of carbonyl (C=O) groups is 3. The lowest BCUT2D eigenvalue weighted by atomic mass is 9.96. The molecule has 10 heteroatoms. The molecule has 1 saturated heterocycles. The maximum absolute atomic E-state index is 12.8. The van der Waals surface area contributed by atoms with Gasteiger partial charge < -0.3 is 30.3 Å². The number of carbonyl (C=O) groups excluding carboxylic acids is 2. The Balaban J connectivity index is 1.54. The van der Waals surface area contributed by atoms with Crippen molar-refractivity contribution in [3.63, 3.8) is 0 Å². The van der Waals surface area contributed by atoms with Gasteiger partial charge in [-0.2, -0.15) is 0 Å². The monoisotopic (exact) mass is 504 g/mol. The van der Waals surface area contributed by atoms with Gasteiger partial charge in [-0.3, -0.25) is 14.4 Å². The van der Waals surface area contributed by atoms with Crippen LogP contribution in [0.1, 0.15) is 23.1 Å². The second kappa shape index (κ2) is 13.2. The van der Waals surface area contributed by atoms with Crippen LogP contribution in [0.4, 0.5) is 0 Å². The minimum Gasteiger partial charge on any atom is -0.481 e. The van der Waals surface area contributed by atoms with Gasteiger partial charge in [0.1, 0.15) is 12.8 Å². The number of benzene rings is 2. The molecule has 35 heavy (non-hydrogen) atoms. The van der Waals surface area contributed by atoms with Crippen molar-refractivity contribution in [1.82, 2.24) is 10.6 Å². The van der Waals surface area contributed by atoms with Crippen molar-refractivity contribution < 1.29 is 34.1 Å². The van der Waals surface area contributed by atoms with Gasteiger partial charge >= 0.3 is 5.97 Å². The zero-order chi connectivity index (χ0) is 25.2. The summed E-state index contributed by atoms with van der Waals surface area (Å²) in [6.45, 7) is -0.336. The third kappa shape index (κ3) is 8.03. The number of rotatable bonds is 12. The number of amides is 2. The molecule has 0 aromatic heterocycles. The van der Waals surface area contributed by atoms with Crippen LogP contribution < -0.4 is 10.6 Å². The van der Waals surface area contributed by atoms with E-state index >= 15 is 0 Å². The van der Waals surface area contributed by atoms with E-state index in [-0.39, 0.29) is 13.2 Å². The molecule has 2 aromatic rings. The van der Waals surface area contributed by atoms with E-state index in [1.807, 2.05) is 36.4 Å². The molecule has 0 bridgehead atoms. The average molecular weight is 505 g/mol. The lowest BCUT2D eigenvalue weighted by Crippen LogP contribution is -2.53. The van der Waals surface area contributed by atoms with Crippen LogP contribution in [0, 0.1) is 0 Å². The maximum Gasteiger partial charge on any atom is 0.303 e. The first-order valence-corrected chi connectivity index (χ1v) is 11.7. The maximum atomic E-state index is 12.8. The number of nitrogens with one attached hydrogen (secondary N) is 2. The molecule has 1 aliphatic heterocycles. The molecule has 1 unspecified atom stereocenters. The summed E-state index contributed by atoms with van der Waals surface area (Å²) in [5.74, 6) is -1.97. The van der Waals surface area contributed by atoms with Crippen LogP contribution in [-0.2, 0) is 43.1 Å². The summed E-state index contributed by atoms with van der Waals surface area (Å²) in [7, 11) is 0. The normalized spacial score (nSPS) is 18.1. The van der Waals surface area contributed by atoms with E-state index in [2.05, 4.69) is 10.6 Å². The van der Waals surface area contributed by atoms with Crippen molar-refractivity contribution >= 4 is 29.4 Å². The Bertz CT molecular complexity index is 1020. The smallest absolute Gasteiger partial charge is 0.303 e. The molecule has 1 heterocycles. The quantitative estimate of drug-likeness (QED) is 0.344. The molecule has 2 aromatic carbocycles. The molecule has 2 amide bonds. The summed E-state index contributed by atoms with van der Waals surface area (Å²) >= 11 is 5.87. The number of aliphatic hydroxyl groups excluding tert-OH is 1. The molecule has 3 atom stereocenters. The zero-order valence-electron chi connectivity index (χ0n) is 19.1. The molecule has 0 spiro atoms. The highest BCUT2D eigenvalue weighted by atomic mass is 35.5. The molecule has 0 radical (unpaired) electrons. The van der Waals surface area contributed by atoms with Crippen LogP contribution >= 0.6 is 11.6 Å². The van der Waals surface area contributed by atoms with E-state index in [9.17, 15) is 19.5 Å². The predicted octanol–water partition coefficient (Wildman–Crippen LogP) is 1.48. The van der Waals surface area contributed by atoms with Gasteiger partial charge in [-0.15, -0.1) is 0 Å². The van der Waals surface area contributed by atoms with Gasteiger partial charge in [-0.25, -0.2) is 0 Å². The number of aliphatic carboxylic acids is 1. The van der Waals surface area contributed by atoms with Crippen LogP contribution in [0.3, 0.4) is 0 Å². The number of ether oxygens (including phenoxy) is 2. The van der Waals surface area contributed by atoms with E-state index in [0.29, 0.717) is 30.8 Å². The number of aliphatic hydroxyl groups is 1. The van der Waals surface area contributed by atoms with E-state index in [1.54, 1.807) is 12.1 Å². The van der Waals surface area contributed by atoms with Crippen molar-refractivity contribution in [2.45, 2.75) is 43.9 Å². The summed E-state index contributed by atoms with van der Waals surface area (Å²) in [5, 5.41) is 24.5. The van der Waals surface area contributed by atoms with Crippen LogP contribution in [0.15, 0.2) is 48.5 Å². The third-order valence-electron chi connectivity index (χ3n) is 5.72. The highest BCUT2D eigenvalue weighted by Crippen LogP contribution is 2.21. The first kappa shape index (κ1) is 26.6. The van der Waals surface area contributed by atoms with Gasteiger partial charge in [-0.1, -0.05) is 48.0 Å². The number of carboxylic acids is 1. The van der Waals surface area contributed by atoms with Crippen molar-refractivity contribution in [1.29, 1.82) is 0 Å². The molecule has 9 nitrogen and oxygen atoms in total. The van der Waals surface area contributed by atoms with Gasteiger partial charge in [0.25, 0.3) is 5.91 Å². The Hall–Kier alpha value is -2.98. The summed E-state index contributed by atoms with van der Waals surface area (Å²) in [6, 6.07) is 13.5. The fraction of sp³-hybridized carbons (Fsp3) is 0.400. The van der Waals surface area contributed by atoms with Gasteiger partial charge in [0.05, 0.1) is 12.7 Å². The number of hydrogen-bond acceptors (Lipinski definition) is 6. The first-order chi connectivity index (χ1) is 16.9. The fourth-order valence-electron chi connectivity index (χ4n) is 3.82. The van der Waals surface area contributed by atoms with Gasteiger partial charge in [0.15, 0.2) is 6.10 Å². The van der Waals surface area contributed by atoms with E-state index < -0.39 is 42.6 Å². The zero-order valence-corrected chi connectivity index (χ0v) is 19.9. The fourth-order valence-corrected chi connectivity index (χ4v) is 3.94. The number of halogens is 1. The standard InChI is InChI=1S/C25H29ClN2O7/c26-19-8-5-16(6-9-19)11-12-27-24(32)20(14-29)28-25(33)23-21(34-15-35-23)13-18-4-2-1-3-17(18)7-10-22(30)31/h1-6,8-9,20-21,23,29H,7,10-15H2,(H,27,32)(H,28,33)(H,30,31)/t20?,21-,23+/m0/s1. The topological polar surface area (TPSA) is 134 Å². The van der Waals surface area contributed by atoms with Gasteiger partial charge in [0, 0.05) is 24.4 Å². The van der Waals surface area contributed by atoms with Crippen molar-refractivity contribution in [2.75, 3.05) is 19.9 Å². The van der Waals surface area contributed by atoms with Crippen LogP contribution in [0.2, 0.25) is 5.02 Å². The predicted molar refractivity (Wildman–Crippen MR) is 128 cm³/mol. The lowest BCUT2D eigenvalue weighted by molar-refractivity contribution is -0.137. The molecule has 3 rings (SSSR count). The Labute approximate surface area is 208 Å². The van der Waals surface area contributed by atoms with Crippen molar-refractivity contribution in [2.24, 2.45) is 0 Å². The summed E-state index contributed by atoms with van der Waals surface area (Å²) in [4.78, 5) is 36.3. The van der Waals surface area contributed by atoms with E-state index in [4.69, 9.17) is 26.2 Å². The largest absolute Gasteiger partial charge is 0.481 e. The number of aryl methyl sites for hydroxylation is 1. The minimum atomic E-state index is -1.14. The molecule has 4 N–H and O–H groups in total. The molecule has 188 valence electrons. The van der Waals surface area contributed by atoms with Crippen LogP contribution in [0.5, 0.6) is 0 Å². The highest BCUT2D eigenvalue weighted by Gasteiger charge is 2.37. The molecular formula is C25H29ClN2O7. The van der Waals surface area contributed by atoms with Crippen molar-refractivity contribution in [3.05, 3.63) is 70.2 Å². The highest BCUT2D eigenvalue weighted by molar-refractivity contribution is 6.30. The Morgan fingerprint density at radius 3 is 2.43 bits per heavy atom. The molecule has 0 saturated carbocycles. The first-order valence-electron chi connectivity index (χ1n) is 11.3. The van der Waals surface area contributed by atoms with E-state index in [0.717, 1.165) is 16.7 Å². The number of hydrogen-bond donors (Lipinski definition) is 4. The lowest BCUT2D eigenvalue weighted by Gasteiger charge is -2.21. The summed E-state index contributed by atoms with van der Waals surface area (Å²) in [5.41, 5.74) is 2.71. The van der Waals surface area contributed by atoms with Gasteiger partial charge in [-0.05, 0) is 41.7 Å². The molecule has 1 fully saturated rings. The second-order valence-corrected chi connectivity index (χ2v) is 8.62. The summed E-state index contributed by atoms with van der Waals surface area (Å²) in [6.07, 6.45) is -0.331. The average Bonchev–Trinajstić information content (AvgIpc) is 3.31. The van der Waals surface area contributed by atoms with E-state index in [1.165, 1.54) is 0 Å². The Morgan fingerprint density at radius 1 is 1.03 bits per heavy atom. The van der Waals surface area contributed by atoms with Crippen LogP contribution in [0.25, 0.3) is 0 Å². The minimum absolute atomic E-state index is 0.00569. The Kier molecular flexibility index (Phi) is 10.0. The molecular weight excluding hydrogens is 476 g/mol. The SMILES string of the molecule is O=C(O)CCc1ccccc1C[C@@H]1OCO[C@H]1C(=O)NC(CO)C(=O)NCCc1ccc(Cl)cc1. The summed E-state index contributed by atoms with van der Waals surface area (Å²) < 4.78 is 11.1. The van der Waals surface area contributed by atoms with Crippen LogP contribution in [-0.4, -0.2) is 66.2 Å². The molecule has 0 aliphatic carbocycles. The second-order valence-electron chi connectivity index (χ2n) is 8.19. The molecule has 1 aliphatic rings. The third-order valence-corrected chi connectivity index (χ3v) is 5.97. The number of carboxylic acid groups (broad SMARTS) is 1. The Morgan fingerprint density at radius 2 is 1.74 bits per heavy atom.